The van der Waals surface area contributed by atoms with Gasteiger partial charge < -0.3 is 0 Å². The summed E-state index contributed by atoms with van der Waals surface area (Å²) >= 11 is 5.97. The van der Waals surface area contributed by atoms with Gasteiger partial charge in [0, 0.05) is 22.3 Å². The number of aromatic nitrogens is 3. The van der Waals surface area contributed by atoms with Crippen LogP contribution in [0.3, 0.4) is 0 Å². The minimum Gasteiger partial charge on any atom is -0.236 e. The first-order valence-corrected chi connectivity index (χ1v) is 7.87. The molecule has 2 aromatic heterocycles. The molecule has 2 heterocycles. The number of fused-ring (bicyclic) bond motifs is 1. The van der Waals surface area contributed by atoms with E-state index in [1.807, 2.05) is 41.8 Å². The van der Waals surface area contributed by atoms with Gasteiger partial charge in [0.05, 0.1) is 11.4 Å². The first-order chi connectivity index (χ1) is 11.6. The van der Waals surface area contributed by atoms with Crippen LogP contribution in [0.1, 0.15) is 5.69 Å². The molecule has 0 saturated carbocycles. The average Bonchev–Trinajstić information content (AvgIpc) is 2.92. The van der Waals surface area contributed by atoms with Gasteiger partial charge in [0.25, 0.3) is 0 Å². The number of halogens is 2. The van der Waals surface area contributed by atoms with E-state index in [1.54, 1.807) is 18.3 Å². The molecule has 118 valence electrons. The van der Waals surface area contributed by atoms with Gasteiger partial charge in [0.1, 0.15) is 5.82 Å². The number of nitrogens with zero attached hydrogens (tertiary/aromatic N) is 3. The van der Waals surface area contributed by atoms with Crippen molar-refractivity contribution in [3.8, 4) is 22.4 Å². The molecule has 0 atom stereocenters. The Balaban J connectivity index is 1.95. The third-order valence-electron chi connectivity index (χ3n) is 3.97. The van der Waals surface area contributed by atoms with Crippen molar-refractivity contribution >= 4 is 17.2 Å². The maximum Gasteiger partial charge on any atom is 0.163 e. The van der Waals surface area contributed by atoms with E-state index in [1.165, 1.54) is 12.1 Å². The Kier molecular flexibility index (Phi) is 3.54. The standard InChI is InChI=1S/C19H13ClFN3/c1-12-18(14-4-8-16(21)9-5-14)19-22-11-10-17(24(19)23-12)13-2-6-15(20)7-3-13/h2-11H,1H3. The summed E-state index contributed by atoms with van der Waals surface area (Å²) in [6.07, 6.45) is 1.76. The van der Waals surface area contributed by atoms with Crippen LogP contribution < -0.4 is 0 Å². The lowest BCUT2D eigenvalue weighted by Crippen LogP contribution is -1.95. The SMILES string of the molecule is Cc1nn2c(-c3ccc(Cl)cc3)ccnc2c1-c1ccc(F)cc1. The Morgan fingerprint density at radius 3 is 2.29 bits per heavy atom. The fourth-order valence-corrected chi connectivity index (χ4v) is 2.97. The van der Waals surface area contributed by atoms with Crippen LogP contribution in [0.4, 0.5) is 4.39 Å². The molecule has 24 heavy (non-hydrogen) atoms. The number of benzene rings is 2. The number of aryl methyl sites for hydroxylation is 1. The number of rotatable bonds is 2. The van der Waals surface area contributed by atoms with E-state index in [2.05, 4.69) is 10.1 Å². The maximum absolute atomic E-state index is 13.2. The van der Waals surface area contributed by atoms with Gasteiger partial charge in [-0.3, -0.25) is 0 Å². The molecule has 0 bridgehead atoms. The van der Waals surface area contributed by atoms with Crippen molar-refractivity contribution in [1.82, 2.24) is 14.6 Å². The number of hydrogen-bond acceptors (Lipinski definition) is 2. The largest absolute Gasteiger partial charge is 0.236 e. The zero-order valence-corrected chi connectivity index (χ0v) is 13.6. The molecule has 2 aromatic carbocycles. The second-order valence-electron chi connectivity index (χ2n) is 5.54. The van der Waals surface area contributed by atoms with Gasteiger partial charge >= 0.3 is 0 Å². The molecule has 4 rings (SSSR count). The van der Waals surface area contributed by atoms with Crippen LogP contribution in [0.2, 0.25) is 5.02 Å². The quantitative estimate of drug-likeness (QED) is 0.505. The van der Waals surface area contributed by atoms with E-state index < -0.39 is 0 Å². The topological polar surface area (TPSA) is 30.2 Å². The van der Waals surface area contributed by atoms with E-state index in [0.29, 0.717) is 5.02 Å². The molecule has 5 heteroatoms. The molecule has 0 fully saturated rings. The van der Waals surface area contributed by atoms with E-state index in [9.17, 15) is 4.39 Å². The highest BCUT2D eigenvalue weighted by Gasteiger charge is 2.15. The highest BCUT2D eigenvalue weighted by molar-refractivity contribution is 6.30. The van der Waals surface area contributed by atoms with Gasteiger partial charge in [0.15, 0.2) is 5.65 Å². The van der Waals surface area contributed by atoms with Crippen LogP contribution in [0.25, 0.3) is 28.0 Å². The lowest BCUT2D eigenvalue weighted by atomic mass is 10.1. The average molecular weight is 338 g/mol. The zero-order chi connectivity index (χ0) is 16.7. The summed E-state index contributed by atoms with van der Waals surface area (Å²) in [4.78, 5) is 4.49. The molecule has 0 aliphatic carbocycles. The van der Waals surface area contributed by atoms with Gasteiger partial charge in [-0.15, -0.1) is 0 Å². The third-order valence-corrected chi connectivity index (χ3v) is 4.22. The van der Waals surface area contributed by atoms with Gasteiger partial charge in [0.2, 0.25) is 0 Å². The summed E-state index contributed by atoms with van der Waals surface area (Å²) in [5, 5.41) is 5.33. The highest BCUT2D eigenvalue weighted by atomic mass is 35.5. The predicted molar refractivity (Wildman–Crippen MR) is 93.6 cm³/mol. The van der Waals surface area contributed by atoms with Crippen LogP contribution in [-0.2, 0) is 0 Å². The van der Waals surface area contributed by atoms with E-state index in [0.717, 1.165) is 33.7 Å². The van der Waals surface area contributed by atoms with Crippen molar-refractivity contribution in [2.45, 2.75) is 6.92 Å². The molecule has 0 spiro atoms. The Bertz CT molecular complexity index is 1020. The molecule has 0 amide bonds. The van der Waals surface area contributed by atoms with Crippen molar-refractivity contribution in [3.05, 3.63) is 77.3 Å². The summed E-state index contributed by atoms with van der Waals surface area (Å²) in [5.41, 5.74) is 5.31. The second-order valence-corrected chi connectivity index (χ2v) is 5.98. The molecule has 0 saturated heterocycles. The molecule has 0 radical (unpaired) electrons. The Morgan fingerprint density at radius 1 is 0.917 bits per heavy atom. The van der Waals surface area contributed by atoms with Crippen molar-refractivity contribution in [2.24, 2.45) is 0 Å². The Morgan fingerprint density at radius 2 is 1.58 bits per heavy atom. The lowest BCUT2D eigenvalue weighted by molar-refractivity contribution is 0.628. The molecule has 0 aliphatic rings. The van der Waals surface area contributed by atoms with Crippen LogP contribution in [0.15, 0.2) is 60.8 Å². The van der Waals surface area contributed by atoms with Crippen molar-refractivity contribution in [2.75, 3.05) is 0 Å². The maximum atomic E-state index is 13.2. The normalized spacial score (nSPS) is 11.1. The first kappa shape index (κ1) is 14.8. The molecule has 4 aromatic rings. The smallest absolute Gasteiger partial charge is 0.163 e. The monoisotopic (exact) mass is 337 g/mol. The van der Waals surface area contributed by atoms with Gasteiger partial charge in [-0.25, -0.2) is 13.9 Å². The van der Waals surface area contributed by atoms with Gasteiger partial charge in [-0.2, -0.15) is 5.10 Å². The predicted octanol–water partition coefficient (Wildman–Crippen LogP) is 5.16. The molecular weight excluding hydrogens is 325 g/mol. The van der Waals surface area contributed by atoms with Crippen LogP contribution in [0.5, 0.6) is 0 Å². The van der Waals surface area contributed by atoms with Crippen molar-refractivity contribution in [3.63, 3.8) is 0 Å². The minimum atomic E-state index is -0.261. The summed E-state index contributed by atoms with van der Waals surface area (Å²) in [6.45, 7) is 1.93. The summed E-state index contributed by atoms with van der Waals surface area (Å²) < 4.78 is 15.0. The van der Waals surface area contributed by atoms with Crippen LogP contribution in [0, 0.1) is 12.7 Å². The van der Waals surface area contributed by atoms with Crippen molar-refractivity contribution < 1.29 is 4.39 Å². The third kappa shape index (κ3) is 2.45. The van der Waals surface area contributed by atoms with Crippen LogP contribution in [-0.4, -0.2) is 14.6 Å². The molecular formula is C19H13ClFN3. The van der Waals surface area contributed by atoms with Gasteiger partial charge in [-0.05, 0) is 42.8 Å². The van der Waals surface area contributed by atoms with Crippen molar-refractivity contribution in [1.29, 1.82) is 0 Å². The summed E-state index contributed by atoms with van der Waals surface area (Å²) in [6, 6.07) is 15.9. The van der Waals surface area contributed by atoms with E-state index in [-0.39, 0.29) is 5.82 Å². The molecule has 3 nitrogen and oxygen atoms in total. The lowest BCUT2D eigenvalue weighted by Gasteiger charge is -2.05. The van der Waals surface area contributed by atoms with Crippen LogP contribution >= 0.6 is 11.6 Å². The van der Waals surface area contributed by atoms with E-state index >= 15 is 0 Å². The van der Waals surface area contributed by atoms with E-state index in [4.69, 9.17) is 11.6 Å². The highest BCUT2D eigenvalue weighted by Crippen LogP contribution is 2.30. The second kappa shape index (κ2) is 5.73. The molecule has 0 N–H and O–H groups in total. The summed E-state index contributed by atoms with van der Waals surface area (Å²) in [5.74, 6) is -0.261. The number of hydrogen-bond donors (Lipinski definition) is 0. The molecule has 0 aliphatic heterocycles. The first-order valence-electron chi connectivity index (χ1n) is 7.50. The fourth-order valence-electron chi connectivity index (χ4n) is 2.85. The summed E-state index contributed by atoms with van der Waals surface area (Å²) in [7, 11) is 0. The fraction of sp³-hybridized carbons (Fsp3) is 0.0526. The zero-order valence-electron chi connectivity index (χ0n) is 12.9. The van der Waals surface area contributed by atoms with Gasteiger partial charge in [-0.1, -0.05) is 35.9 Å². The Hall–Kier alpha value is -2.72. The molecule has 0 unspecified atom stereocenters. The Labute approximate surface area is 143 Å². The minimum absolute atomic E-state index is 0.261.